The molecule has 0 aromatic heterocycles. The van der Waals surface area contributed by atoms with Crippen LogP contribution in [0.3, 0.4) is 0 Å². The van der Waals surface area contributed by atoms with Crippen LogP contribution in [-0.2, 0) is 6.54 Å². The average Bonchev–Trinajstić information content (AvgIpc) is 2.32. The van der Waals surface area contributed by atoms with Crippen molar-refractivity contribution in [2.45, 2.75) is 45.2 Å². The first-order chi connectivity index (χ1) is 8.16. The summed E-state index contributed by atoms with van der Waals surface area (Å²) in [7, 11) is 0. The van der Waals surface area contributed by atoms with Crippen molar-refractivity contribution in [2.24, 2.45) is 5.92 Å². The van der Waals surface area contributed by atoms with Gasteiger partial charge in [-0.25, -0.2) is 4.39 Å². The van der Waals surface area contributed by atoms with Gasteiger partial charge in [0.15, 0.2) is 0 Å². The van der Waals surface area contributed by atoms with E-state index in [1.807, 2.05) is 12.1 Å². The molecule has 0 radical (unpaired) electrons. The summed E-state index contributed by atoms with van der Waals surface area (Å²) in [6.45, 7) is 3.14. The molecule has 17 heavy (non-hydrogen) atoms. The maximum absolute atomic E-state index is 13.1. The molecule has 1 aliphatic carbocycles. The normalized spacial score (nSPS) is 24.9. The summed E-state index contributed by atoms with van der Waals surface area (Å²) >= 11 is 3.22. The maximum atomic E-state index is 13.1. The number of benzene rings is 1. The Kier molecular flexibility index (Phi) is 4.57. The van der Waals surface area contributed by atoms with Gasteiger partial charge in [-0.1, -0.05) is 25.8 Å². The summed E-state index contributed by atoms with van der Waals surface area (Å²) in [5.74, 6) is 0.562. The van der Waals surface area contributed by atoms with E-state index in [-0.39, 0.29) is 5.82 Å². The van der Waals surface area contributed by atoms with E-state index in [4.69, 9.17) is 0 Å². The summed E-state index contributed by atoms with van der Waals surface area (Å²) in [4.78, 5) is 0. The van der Waals surface area contributed by atoms with Crippen molar-refractivity contribution < 1.29 is 4.39 Å². The van der Waals surface area contributed by atoms with E-state index < -0.39 is 0 Å². The van der Waals surface area contributed by atoms with Gasteiger partial charge in [-0.15, -0.1) is 0 Å². The first-order valence-corrected chi connectivity index (χ1v) is 7.13. The zero-order valence-electron chi connectivity index (χ0n) is 10.2. The number of hydrogen-bond donors (Lipinski definition) is 1. The lowest BCUT2D eigenvalue weighted by atomic mass is 9.86. The second kappa shape index (κ2) is 5.96. The number of nitrogens with one attached hydrogen (secondary N) is 1. The summed E-state index contributed by atoms with van der Waals surface area (Å²) in [6.07, 6.45) is 5.28. The number of halogens is 2. The molecule has 1 fully saturated rings. The van der Waals surface area contributed by atoms with Crippen molar-refractivity contribution in [3.05, 3.63) is 34.1 Å². The first-order valence-electron chi connectivity index (χ1n) is 6.34. The first kappa shape index (κ1) is 13.0. The monoisotopic (exact) mass is 299 g/mol. The highest BCUT2D eigenvalue weighted by Crippen LogP contribution is 2.24. The fourth-order valence-corrected chi connectivity index (χ4v) is 2.94. The Labute approximate surface area is 111 Å². The van der Waals surface area contributed by atoms with Crippen molar-refractivity contribution in [2.75, 3.05) is 0 Å². The van der Waals surface area contributed by atoms with Crippen molar-refractivity contribution in [3.63, 3.8) is 0 Å². The van der Waals surface area contributed by atoms with Gasteiger partial charge in [0.1, 0.15) is 5.82 Å². The van der Waals surface area contributed by atoms with Crippen LogP contribution in [0.25, 0.3) is 0 Å². The standard InChI is InChI=1S/C14H19BrFN/c1-10-4-2-3-5-14(10)17-9-11-6-7-13(16)12(15)8-11/h6-8,10,14,17H,2-5,9H2,1H3. The Morgan fingerprint density at radius 3 is 2.82 bits per heavy atom. The van der Waals surface area contributed by atoms with Crippen LogP contribution in [0.15, 0.2) is 22.7 Å². The topological polar surface area (TPSA) is 12.0 Å². The van der Waals surface area contributed by atoms with E-state index in [9.17, 15) is 4.39 Å². The fourth-order valence-electron chi connectivity index (χ4n) is 2.52. The third kappa shape index (κ3) is 3.52. The lowest BCUT2D eigenvalue weighted by Crippen LogP contribution is -2.36. The Morgan fingerprint density at radius 2 is 2.12 bits per heavy atom. The van der Waals surface area contributed by atoms with Gasteiger partial charge < -0.3 is 5.32 Å². The summed E-state index contributed by atoms with van der Waals surface area (Å²) < 4.78 is 13.6. The molecule has 2 rings (SSSR count). The smallest absolute Gasteiger partial charge is 0.137 e. The quantitative estimate of drug-likeness (QED) is 0.879. The van der Waals surface area contributed by atoms with Gasteiger partial charge in [0.05, 0.1) is 4.47 Å². The summed E-state index contributed by atoms with van der Waals surface area (Å²) in [5, 5.41) is 3.59. The molecule has 1 N–H and O–H groups in total. The van der Waals surface area contributed by atoms with Crippen LogP contribution in [0.1, 0.15) is 38.2 Å². The van der Waals surface area contributed by atoms with E-state index in [0.29, 0.717) is 10.5 Å². The largest absolute Gasteiger partial charge is 0.310 e. The van der Waals surface area contributed by atoms with Crippen molar-refractivity contribution >= 4 is 15.9 Å². The molecule has 1 nitrogen and oxygen atoms in total. The molecule has 0 aliphatic heterocycles. The van der Waals surface area contributed by atoms with E-state index in [1.54, 1.807) is 0 Å². The number of rotatable bonds is 3. The molecule has 2 unspecified atom stereocenters. The van der Waals surface area contributed by atoms with Gasteiger partial charge in [0.2, 0.25) is 0 Å². The predicted octanol–water partition coefficient (Wildman–Crippen LogP) is 4.26. The van der Waals surface area contributed by atoms with Gasteiger partial charge in [0.25, 0.3) is 0 Å². The van der Waals surface area contributed by atoms with Gasteiger partial charge in [0, 0.05) is 12.6 Å². The van der Waals surface area contributed by atoms with E-state index in [2.05, 4.69) is 28.2 Å². The van der Waals surface area contributed by atoms with Crippen molar-refractivity contribution in [3.8, 4) is 0 Å². The summed E-state index contributed by atoms with van der Waals surface area (Å²) in [5.41, 5.74) is 1.14. The highest BCUT2D eigenvalue weighted by molar-refractivity contribution is 9.10. The minimum absolute atomic E-state index is 0.195. The van der Waals surface area contributed by atoms with Crippen molar-refractivity contribution in [1.82, 2.24) is 5.32 Å². The van der Waals surface area contributed by atoms with Gasteiger partial charge in [-0.2, -0.15) is 0 Å². The summed E-state index contributed by atoms with van der Waals surface area (Å²) in [6, 6.07) is 5.84. The molecular formula is C14H19BrFN. The lowest BCUT2D eigenvalue weighted by molar-refractivity contribution is 0.279. The predicted molar refractivity (Wildman–Crippen MR) is 72.4 cm³/mol. The molecule has 0 amide bonds. The highest BCUT2D eigenvalue weighted by atomic mass is 79.9. The van der Waals surface area contributed by atoms with E-state index >= 15 is 0 Å². The molecule has 1 saturated carbocycles. The minimum atomic E-state index is -0.195. The minimum Gasteiger partial charge on any atom is -0.310 e. The lowest BCUT2D eigenvalue weighted by Gasteiger charge is -2.29. The molecule has 2 atom stereocenters. The zero-order valence-corrected chi connectivity index (χ0v) is 11.8. The zero-order chi connectivity index (χ0) is 12.3. The Morgan fingerprint density at radius 1 is 1.35 bits per heavy atom. The van der Waals surface area contributed by atoms with Crippen LogP contribution >= 0.6 is 15.9 Å². The van der Waals surface area contributed by atoms with Gasteiger partial charge >= 0.3 is 0 Å². The Hall–Kier alpha value is -0.410. The Bertz CT molecular complexity index is 380. The van der Waals surface area contributed by atoms with E-state index in [0.717, 1.165) is 18.0 Å². The second-order valence-electron chi connectivity index (χ2n) is 5.00. The molecule has 0 spiro atoms. The van der Waals surface area contributed by atoms with Gasteiger partial charge in [-0.05, 0) is 52.4 Å². The van der Waals surface area contributed by atoms with Crippen molar-refractivity contribution in [1.29, 1.82) is 0 Å². The van der Waals surface area contributed by atoms with E-state index in [1.165, 1.54) is 31.7 Å². The van der Waals surface area contributed by atoms with Crippen LogP contribution in [0.5, 0.6) is 0 Å². The molecule has 0 saturated heterocycles. The highest BCUT2D eigenvalue weighted by Gasteiger charge is 2.20. The fraction of sp³-hybridized carbons (Fsp3) is 0.571. The maximum Gasteiger partial charge on any atom is 0.137 e. The molecule has 3 heteroatoms. The number of hydrogen-bond acceptors (Lipinski definition) is 1. The molecule has 0 heterocycles. The molecular weight excluding hydrogens is 281 g/mol. The van der Waals surface area contributed by atoms with Crippen LogP contribution in [-0.4, -0.2) is 6.04 Å². The third-order valence-electron chi connectivity index (χ3n) is 3.66. The average molecular weight is 300 g/mol. The van der Waals surface area contributed by atoms with Gasteiger partial charge in [-0.3, -0.25) is 0 Å². The Balaban J connectivity index is 1.90. The van der Waals surface area contributed by atoms with Crippen LogP contribution in [0.4, 0.5) is 4.39 Å². The third-order valence-corrected chi connectivity index (χ3v) is 4.27. The van der Waals surface area contributed by atoms with Crippen LogP contribution < -0.4 is 5.32 Å². The molecule has 1 aromatic rings. The second-order valence-corrected chi connectivity index (χ2v) is 5.85. The SMILES string of the molecule is CC1CCCCC1NCc1ccc(F)c(Br)c1. The molecule has 1 aliphatic rings. The van der Waals surface area contributed by atoms with Crippen LogP contribution in [0, 0.1) is 11.7 Å². The molecule has 1 aromatic carbocycles. The molecule has 94 valence electrons. The van der Waals surface area contributed by atoms with Crippen LogP contribution in [0.2, 0.25) is 0 Å². The molecule has 0 bridgehead atoms.